The molecule has 1 aromatic heterocycles. The van der Waals surface area contributed by atoms with Gasteiger partial charge in [0.1, 0.15) is 5.75 Å². The first kappa shape index (κ1) is 13.2. The van der Waals surface area contributed by atoms with Gasteiger partial charge in [0.25, 0.3) is 5.91 Å². The number of ether oxygens (including phenoxy) is 1. The van der Waals surface area contributed by atoms with Gasteiger partial charge in [0.05, 0.1) is 12.3 Å². The maximum Gasteiger partial charge on any atom is 0.374 e. The van der Waals surface area contributed by atoms with Crippen LogP contribution < -0.4 is 9.64 Å². The van der Waals surface area contributed by atoms with E-state index >= 15 is 0 Å². The number of para-hydroxylation sites is 2. The molecule has 0 spiro atoms. The van der Waals surface area contributed by atoms with Crippen LogP contribution in [0.3, 0.4) is 0 Å². The van der Waals surface area contributed by atoms with Crippen molar-refractivity contribution in [1.82, 2.24) is 5.16 Å². The topological polar surface area (TPSA) is 92.9 Å². The fourth-order valence-corrected chi connectivity index (χ4v) is 2.15. The molecule has 0 saturated heterocycles. The number of anilines is 1. The van der Waals surface area contributed by atoms with Crippen molar-refractivity contribution in [3.8, 4) is 5.75 Å². The minimum Gasteiger partial charge on any atom is -0.491 e. The summed E-state index contributed by atoms with van der Waals surface area (Å²) in [5.41, 5.74) is 0.601. The first-order chi connectivity index (χ1) is 10.2. The van der Waals surface area contributed by atoms with Gasteiger partial charge in [0, 0.05) is 12.6 Å². The van der Waals surface area contributed by atoms with Crippen molar-refractivity contribution < 1.29 is 24.0 Å². The van der Waals surface area contributed by atoms with E-state index in [1.807, 2.05) is 6.07 Å². The SMILES string of the molecule is O=C(O)c1cc(C(=O)N2CCCOc3ccccc32)no1. The number of rotatable bonds is 2. The van der Waals surface area contributed by atoms with Crippen molar-refractivity contribution in [2.75, 3.05) is 18.1 Å². The van der Waals surface area contributed by atoms with Crippen LogP contribution in [0.5, 0.6) is 5.75 Å². The molecule has 1 aliphatic heterocycles. The summed E-state index contributed by atoms with van der Waals surface area (Å²) in [5, 5.41) is 12.3. The lowest BCUT2D eigenvalue weighted by Gasteiger charge is -2.20. The molecule has 1 N–H and O–H groups in total. The van der Waals surface area contributed by atoms with E-state index in [4.69, 9.17) is 9.84 Å². The molecule has 0 atom stereocenters. The number of hydrogen-bond acceptors (Lipinski definition) is 5. The van der Waals surface area contributed by atoms with Crippen molar-refractivity contribution in [2.24, 2.45) is 0 Å². The Morgan fingerprint density at radius 3 is 2.86 bits per heavy atom. The number of carboxylic acids is 1. The van der Waals surface area contributed by atoms with Crippen LogP contribution in [0.4, 0.5) is 5.69 Å². The van der Waals surface area contributed by atoms with Gasteiger partial charge in [-0.3, -0.25) is 4.79 Å². The normalized spacial score (nSPS) is 14.0. The molecule has 0 radical (unpaired) electrons. The van der Waals surface area contributed by atoms with Gasteiger partial charge in [-0.1, -0.05) is 17.3 Å². The molecule has 1 amide bonds. The van der Waals surface area contributed by atoms with Crippen LogP contribution in [-0.4, -0.2) is 35.3 Å². The molecule has 1 aromatic carbocycles. The van der Waals surface area contributed by atoms with E-state index in [1.165, 1.54) is 4.90 Å². The Morgan fingerprint density at radius 2 is 2.10 bits per heavy atom. The number of amides is 1. The highest BCUT2D eigenvalue weighted by Crippen LogP contribution is 2.31. The fraction of sp³-hybridized carbons (Fsp3) is 0.214. The van der Waals surface area contributed by atoms with Crippen LogP contribution in [0.1, 0.15) is 27.5 Å². The first-order valence-corrected chi connectivity index (χ1v) is 6.40. The van der Waals surface area contributed by atoms with Crippen molar-refractivity contribution in [1.29, 1.82) is 0 Å². The summed E-state index contributed by atoms with van der Waals surface area (Å²) in [6.45, 7) is 0.977. The van der Waals surface area contributed by atoms with E-state index in [2.05, 4.69) is 9.68 Å². The van der Waals surface area contributed by atoms with Crippen molar-refractivity contribution in [2.45, 2.75) is 6.42 Å². The molecule has 3 rings (SSSR count). The fourth-order valence-electron chi connectivity index (χ4n) is 2.15. The van der Waals surface area contributed by atoms with Gasteiger partial charge >= 0.3 is 5.97 Å². The second-order valence-electron chi connectivity index (χ2n) is 4.51. The third kappa shape index (κ3) is 2.45. The summed E-state index contributed by atoms with van der Waals surface area (Å²) in [6.07, 6.45) is 0.671. The average Bonchev–Trinajstić information content (AvgIpc) is 2.88. The van der Waals surface area contributed by atoms with Crippen LogP contribution in [0, 0.1) is 0 Å². The average molecular weight is 288 g/mol. The predicted octanol–water partition coefficient (Wildman–Crippen LogP) is 1.80. The molecule has 0 aliphatic carbocycles. The standard InChI is InChI=1S/C14H12N2O5/c17-13(9-8-12(14(18)19)21-15-9)16-6-3-7-20-11-5-2-1-4-10(11)16/h1-2,4-5,8H,3,6-7H2,(H,18,19). The molecule has 7 heteroatoms. The van der Waals surface area contributed by atoms with E-state index in [0.29, 0.717) is 31.0 Å². The van der Waals surface area contributed by atoms with E-state index in [-0.39, 0.29) is 11.5 Å². The van der Waals surface area contributed by atoms with E-state index < -0.39 is 11.9 Å². The van der Waals surface area contributed by atoms with Crippen LogP contribution >= 0.6 is 0 Å². The summed E-state index contributed by atoms with van der Waals surface area (Å²) in [5.74, 6) is -1.42. The quantitative estimate of drug-likeness (QED) is 0.905. The number of fused-ring (bicyclic) bond motifs is 1. The van der Waals surface area contributed by atoms with E-state index in [9.17, 15) is 9.59 Å². The molecule has 0 fully saturated rings. The maximum absolute atomic E-state index is 12.5. The largest absolute Gasteiger partial charge is 0.491 e. The highest BCUT2D eigenvalue weighted by atomic mass is 16.5. The third-order valence-electron chi connectivity index (χ3n) is 3.12. The number of carboxylic acid groups (broad SMARTS) is 1. The van der Waals surface area contributed by atoms with Gasteiger partial charge in [-0.2, -0.15) is 0 Å². The molecule has 2 heterocycles. The summed E-state index contributed by atoms with van der Waals surface area (Å²) >= 11 is 0. The van der Waals surface area contributed by atoms with Gasteiger partial charge in [0.2, 0.25) is 5.76 Å². The number of carbonyl (C=O) groups excluding carboxylic acids is 1. The number of nitrogens with zero attached hydrogens (tertiary/aromatic N) is 2. The number of benzene rings is 1. The zero-order valence-electron chi connectivity index (χ0n) is 11.0. The van der Waals surface area contributed by atoms with Crippen LogP contribution in [0.2, 0.25) is 0 Å². The molecular formula is C14H12N2O5. The van der Waals surface area contributed by atoms with E-state index in [0.717, 1.165) is 6.07 Å². The molecule has 108 valence electrons. The smallest absolute Gasteiger partial charge is 0.374 e. The molecule has 2 aromatic rings. The Kier molecular flexibility index (Phi) is 3.31. The maximum atomic E-state index is 12.5. The van der Waals surface area contributed by atoms with Crippen molar-refractivity contribution >= 4 is 17.6 Å². The summed E-state index contributed by atoms with van der Waals surface area (Å²) in [7, 11) is 0. The Balaban J connectivity index is 1.95. The van der Waals surface area contributed by atoms with E-state index in [1.54, 1.807) is 18.2 Å². The lowest BCUT2D eigenvalue weighted by molar-refractivity contribution is 0.0651. The Bertz CT molecular complexity index is 694. The zero-order valence-corrected chi connectivity index (χ0v) is 11.0. The number of hydrogen-bond donors (Lipinski definition) is 1. The van der Waals surface area contributed by atoms with Crippen LogP contribution in [0.15, 0.2) is 34.9 Å². The summed E-state index contributed by atoms with van der Waals surface area (Å²) < 4.78 is 10.2. The van der Waals surface area contributed by atoms with Gasteiger partial charge in [-0.05, 0) is 18.6 Å². The molecule has 7 nitrogen and oxygen atoms in total. The minimum absolute atomic E-state index is 0.0379. The number of carbonyl (C=O) groups is 2. The number of aromatic carboxylic acids is 1. The Morgan fingerprint density at radius 1 is 1.29 bits per heavy atom. The monoisotopic (exact) mass is 288 g/mol. The molecule has 0 unspecified atom stereocenters. The zero-order chi connectivity index (χ0) is 14.8. The van der Waals surface area contributed by atoms with Crippen molar-refractivity contribution in [3.63, 3.8) is 0 Å². The molecule has 0 bridgehead atoms. The second-order valence-corrected chi connectivity index (χ2v) is 4.51. The summed E-state index contributed by atoms with van der Waals surface area (Å²) in [4.78, 5) is 24.8. The lowest BCUT2D eigenvalue weighted by atomic mass is 10.2. The van der Waals surface area contributed by atoms with Gasteiger partial charge in [0.15, 0.2) is 5.69 Å². The lowest BCUT2D eigenvalue weighted by Crippen LogP contribution is -2.31. The van der Waals surface area contributed by atoms with Gasteiger partial charge in [-0.15, -0.1) is 0 Å². The highest BCUT2D eigenvalue weighted by Gasteiger charge is 2.26. The van der Waals surface area contributed by atoms with Crippen LogP contribution in [0.25, 0.3) is 0 Å². The second kappa shape index (κ2) is 5.28. The molecule has 1 aliphatic rings. The highest BCUT2D eigenvalue weighted by molar-refractivity contribution is 6.06. The van der Waals surface area contributed by atoms with Crippen LogP contribution in [-0.2, 0) is 0 Å². The van der Waals surface area contributed by atoms with Gasteiger partial charge < -0.3 is 19.3 Å². The third-order valence-corrected chi connectivity index (χ3v) is 3.12. The Hall–Kier alpha value is -2.83. The molecule has 21 heavy (non-hydrogen) atoms. The van der Waals surface area contributed by atoms with Crippen molar-refractivity contribution in [3.05, 3.63) is 41.8 Å². The first-order valence-electron chi connectivity index (χ1n) is 6.40. The predicted molar refractivity (Wildman–Crippen MR) is 71.7 cm³/mol. The molecular weight excluding hydrogens is 276 g/mol. The number of aromatic nitrogens is 1. The molecule has 0 saturated carbocycles. The minimum atomic E-state index is -1.26. The summed E-state index contributed by atoms with van der Waals surface area (Å²) in [6, 6.07) is 8.31. The van der Waals surface area contributed by atoms with Gasteiger partial charge in [-0.25, -0.2) is 4.79 Å². The Labute approximate surface area is 119 Å².